The third kappa shape index (κ3) is 4.22. The fourth-order valence-electron chi connectivity index (χ4n) is 2.58. The number of nitrogens with two attached hydrogens (primary N) is 2. The van der Waals surface area contributed by atoms with E-state index in [9.17, 15) is 0 Å². The Hall–Kier alpha value is -2.63. The van der Waals surface area contributed by atoms with Crippen molar-refractivity contribution in [2.45, 2.75) is 24.9 Å². The van der Waals surface area contributed by atoms with Gasteiger partial charge in [-0.05, 0) is 36.4 Å². The maximum Gasteiger partial charge on any atom is 0.0579 e. The highest BCUT2D eigenvalue weighted by molar-refractivity contribution is 5.20. The van der Waals surface area contributed by atoms with E-state index in [0.29, 0.717) is 12.8 Å². The summed E-state index contributed by atoms with van der Waals surface area (Å²) in [6.45, 7) is 0. The molecule has 3 aromatic heterocycles. The molecule has 24 heavy (non-hydrogen) atoms. The molecule has 0 aliphatic carbocycles. The molecule has 2 atom stereocenters. The number of hydrogen-bond donors (Lipinski definition) is 2. The van der Waals surface area contributed by atoms with Crippen LogP contribution in [0.1, 0.15) is 34.9 Å². The van der Waals surface area contributed by atoms with Crippen molar-refractivity contribution in [1.29, 1.82) is 0 Å². The van der Waals surface area contributed by atoms with Gasteiger partial charge < -0.3 is 11.5 Å². The van der Waals surface area contributed by atoms with Crippen molar-refractivity contribution < 1.29 is 0 Å². The normalized spacial score (nSPS) is 13.4. The first-order chi connectivity index (χ1) is 11.7. The maximum absolute atomic E-state index is 6.29. The molecule has 0 saturated heterocycles. The van der Waals surface area contributed by atoms with Gasteiger partial charge in [0.2, 0.25) is 0 Å². The van der Waals surface area contributed by atoms with Crippen LogP contribution in [0.2, 0.25) is 0 Å². The van der Waals surface area contributed by atoms with Crippen molar-refractivity contribution in [3.63, 3.8) is 0 Å². The SMILES string of the molecule is NC(Cc1ccccn1)c1cccc(C(N)Cc2ccccn2)n1. The molecular formula is C19H21N5. The second kappa shape index (κ2) is 7.77. The molecule has 5 nitrogen and oxygen atoms in total. The second-order valence-electron chi connectivity index (χ2n) is 5.75. The molecular weight excluding hydrogens is 298 g/mol. The van der Waals surface area contributed by atoms with Gasteiger partial charge in [-0.25, -0.2) is 0 Å². The highest BCUT2D eigenvalue weighted by atomic mass is 14.8. The lowest BCUT2D eigenvalue weighted by Crippen LogP contribution is -2.20. The van der Waals surface area contributed by atoms with E-state index in [4.69, 9.17) is 11.5 Å². The minimum Gasteiger partial charge on any atom is -0.322 e. The Bertz CT molecular complexity index is 698. The minimum atomic E-state index is -0.207. The second-order valence-corrected chi connectivity index (χ2v) is 5.75. The Balaban J connectivity index is 1.71. The molecule has 4 N–H and O–H groups in total. The van der Waals surface area contributed by atoms with Gasteiger partial charge >= 0.3 is 0 Å². The molecule has 0 aliphatic rings. The lowest BCUT2D eigenvalue weighted by molar-refractivity contribution is 0.645. The van der Waals surface area contributed by atoms with Crippen LogP contribution in [0.15, 0.2) is 67.0 Å². The first kappa shape index (κ1) is 16.2. The topological polar surface area (TPSA) is 90.7 Å². The van der Waals surface area contributed by atoms with Gasteiger partial charge in [-0.2, -0.15) is 0 Å². The van der Waals surface area contributed by atoms with E-state index in [1.54, 1.807) is 12.4 Å². The van der Waals surface area contributed by atoms with Crippen LogP contribution in [0, 0.1) is 0 Å². The van der Waals surface area contributed by atoms with Crippen molar-refractivity contribution in [2.24, 2.45) is 11.5 Å². The molecule has 0 spiro atoms. The molecule has 122 valence electrons. The largest absolute Gasteiger partial charge is 0.322 e. The summed E-state index contributed by atoms with van der Waals surface area (Å²) < 4.78 is 0. The average molecular weight is 319 g/mol. The van der Waals surface area contributed by atoms with E-state index >= 15 is 0 Å². The van der Waals surface area contributed by atoms with Gasteiger partial charge in [0, 0.05) is 36.6 Å². The Morgan fingerprint density at radius 1 is 0.667 bits per heavy atom. The molecule has 3 heterocycles. The predicted molar refractivity (Wildman–Crippen MR) is 94.0 cm³/mol. The van der Waals surface area contributed by atoms with Gasteiger partial charge in [0.25, 0.3) is 0 Å². The van der Waals surface area contributed by atoms with E-state index in [0.717, 1.165) is 22.8 Å². The zero-order valence-corrected chi connectivity index (χ0v) is 13.4. The summed E-state index contributed by atoms with van der Waals surface area (Å²) in [7, 11) is 0. The quantitative estimate of drug-likeness (QED) is 0.728. The fraction of sp³-hybridized carbons (Fsp3) is 0.211. The van der Waals surface area contributed by atoms with Crippen LogP contribution >= 0.6 is 0 Å². The van der Waals surface area contributed by atoms with Crippen molar-refractivity contribution >= 4 is 0 Å². The van der Waals surface area contributed by atoms with E-state index in [1.807, 2.05) is 54.6 Å². The van der Waals surface area contributed by atoms with Gasteiger partial charge in [-0.3, -0.25) is 15.0 Å². The number of hydrogen-bond acceptors (Lipinski definition) is 5. The lowest BCUT2D eigenvalue weighted by atomic mass is 10.0. The van der Waals surface area contributed by atoms with Crippen molar-refractivity contribution in [3.05, 3.63) is 89.8 Å². The van der Waals surface area contributed by atoms with Crippen LogP contribution in [-0.4, -0.2) is 15.0 Å². The molecule has 0 saturated carbocycles. The Kier molecular flexibility index (Phi) is 5.25. The van der Waals surface area contributed by atoms with Crippen molar-refractivity contribution in [1.82, 2.24) is 15.0 Å². The summed E-state index contributed by atoms with van der Waals surface area (Å²) in [4.78, 5) is 13.3. The molecule has 0 amide bonds. The molecule has 0 aromatic carbocycles. The van der Waals surface area contributed by atoms with Crippen LogP contribution in [-0.2, 0) is 12.8 Å². The average Bonchev–Trinajstić information content (AvgIpc) is 2.63. The summed E-state index contributed by atoms with van der Waals surface area (Å²) >= 11 is 0. The molecule has 3 aromatic rings. The number of rotatable bonds is 6. The van der Waals surface area contributed by atoms with Gasteiger partial charge in [0.15, 0.2) is 0 Å². The van der Waals surface area contributed by atoms with Gasteiger partial charge in [0.05, 0.1) is 23.5 Å². The van der Waals surface area contributed by atoms with Crippen molar-refractivity contribution in [2.75, 3.05) is 0 Å². The molecule has 0 fully saturated rings. The van der Waals surface area contributed by atoms with Crippen LogP contribution in [0.3, 0.4) is 0 Å². The standard InChI is InChI=1S/C19H21N5/c20-16(12-14-6-1-3-10-22-14)18-8-5-9-19(24-18)17(21)13-15-7-2-4-11-23-15/h1-11,16-17H,12-13,20-21H2. The van der Waals surface area contributed by atoms with Crippen LogP contribution in [0.25, 0.3) is 0 Å². The molecule has 0 radical (unpaired) electrons. The zero-order chi connectivity index (χ0) is 16.8. The van der Waals surface area contributed by atoms with Crippen LogP contribution in [0.5, 0.6) is 0 Å². The Morgan fingerprint density at radius 2 is 1.17 bits per heavy atom. The van der Waals surface area contributed by atoms with Crippen LogP contribution in [0.4, 0.5) is 0 Å². The van der Waals surface area contributed by atoms with E-state index in [-0.39, 0.29) is 12.1 Å². The highest BCUT2D eigenvalue weighted by Crippen LogP contribution is 2.17. The van der Waals surface area contributed by atoms with E-state index < -0.39 is 0 Å². The third-order valence-corrected chi connectivity index (χ3v) is 3.86. The lowest BCUT2D eigenvalue weighted by Gasteiger charge is -2.15. The fourth-order valence-corrected chi connectivity index (χ4v) is 2.58. The summed E-state index contributed by atoms with van der Waals surface area (Å²) in [5.74, 6) is 0. The van der Waals surface area contributed by atoms with Crippen molar-refractivity contribution in [3.8, 4) is 0 Å². The third-order valence-electron chi connectivity index (χ3n) is 3.86. The van der Waals surface area contributed by atoms with Gasteiger partial charge in [-0.15, -0.1) is 0 Å². The first-order valence-electron chi connectivity index (χ1n) is 8.00. The Labute approximate surface area is 141 Å². The number of aromatic nitrogens is 3. The number of pyridine rings is 3. The first-order valence-corrected chi connectivity index (χ1v) is 8.00. The molecule has 0 aliphatic heterocycles. The van der Waals surface area contributed by atoms with Crippen LogP contribution < -0.4 is 11.5 Å². The Morgan fingerprint density at radius 3 is 1.58 bits per heavy atom. The molecule has 0 bridgehead atoms. The molecule has 3 rings (SSSR count). The monoisotopic (exact) mass is 319 g/mol. The summed E-state index contributed by atoms with van der Waals surface area (Å²) in [6.07, 6.45) is 4.84. The van der Waals surface area contributed by atoms with Gasteiger partial charge in [0.1, 0.15) is 0 Å². The zero-order valence-electron chi connectivity index (χ0n) is 13.4. The predicted octanol–water partition coefficient (Wildman–Crippen LogP) is 2.36. The maximum atomic E-state index is 6.29. The summed E-state index contributed by atoms with van der Waals surface area (Å²) in [6, 6.07) is 17.1. The van der Waals surface area contributed by atoms with E-state index in [1.165, 1.54) is 0 Å². The highest BCUT2D eigenvalue weighted by Gasteiger charge is 2.14. The molecule has 2 unspecified atom stereocenters. The number of nitrogens with zero attached hydrogens (tertiary/aromatic N) is 3. The summed E-state index contributed by atoms with van der Waals surface area (Å²) in [5, 5.41) is 0. The van der Waals surface area contributed by atoms with Gasteiger partial charge in [-0.1, -0.05) is 18.2 Å². The molecule has 5 heteroatoms. The van der Waals surface area contributed by atoms with E-state index in [2.05, 4.69) is 15.0 Å². The smallest absolute Gasteiger partial charge is 0.0579 e. The summed E-state index contributed by atoms with van der Waals surface area (Å²) in [5.41, 5.74) is 16.2. The minimum absolute atomic E-state index is 0.207.